The lowest BCUT2D eigenvalue weighted by atomic mass is 9.99. The van der Waals surface area contributed by atoms with Gasteiger partial charge in [0.1, 0.15) is 11.9 Å². The van der Waals surface area contributed by atoms with Crippen LogP contribution in [0.25, 0.3) is 5.69 Å². The summed E-state index contributed by atoms with van der Waals surface area (Å²) >= 11 is 0. The van der Waals surface area contributed by atoms with Crippen LogP contribution in [0.3, 0.4) is 0 Å². The summed E-state index contributed by atoms with van der Waals surface area (Å²) in [4.78, 5) is 12.2. The number of carbonyl (C=O) groups excluding carboxylic acids is 1. The average Bonchev–Trinajstić information content (AvgIpc) is 3.11. The summed E-state index contributed by atoms with van der Waals surface area (Å²) in [6, 6.07) is 7.20. The number of nitrogens with zero attached hydrogens (tertiary/aromatic N) is 4. The molecule has 0 spiro atoms. The standard InChI is InChI=1S/C12H14N6O2/c13-12(4-5-20-7-12)11(19)15-9-2-1-3-10(6-9)18-8-14-16-17-18/h1-3,6,8H,4-5,7,13H2,(H,15,19). The molecular formula is C12H14N6O2. The van der Waals surface area contributed by atoms with Crippen molar-refractivity contribution in [1.29, 1.82) is 0 Å². The van der Waals surface area contributed by atoms with Crippen molar-refractivity contribution >= 4 is 11.6 Å². The molecule has 1 unspecified atom stereocenters. The van der Waals surface area contributed by atoms with Crippen LogP contribution in [-0.4, -0.2) is 44.9 Å². The lowest BCUT2D eigenvalue weighted by Crippen LogP contribution is -2.51. The zero-order valence-electron chi connectivity index (χ0n) is 10.7. The van der Waals surface area contributed by atoms with Crippen molar-refractivity contribution in [2.75, 3.05) is 18.5 Å². The van der Waals surface area contributed by atoms with E-state index in [-0.39, 0.29) is 12.5 Å². The molecule has 3 N–H and O–H groups in total. The molecule has 1 atom stereocenters. The van der Waals surface area contributed by atoms with E-state index in [4.69, 9.17) is 10.5 Å². The van der Waals surface area contributed by atoms with Gasteiger partial charge in [-0.2, -0.15) is 0 Å². The van der Waals surface area contributed by atoms with Gasteiger partial charge in [-0.25, -0.2) is 4.68 Å². The number of hydrogen-bond donors (Lipinski definition) is 2. The number of tetrazole rings is 1. The Morgan fingerprint density at radius 1 is 1.50 bits per heavy atom. The van der Waals surface area contributed by atoms with Gasteiger partial charge in [-0.05, 0) is 35.0 Å². The monoisotopic (exact) mass is 274 g/mol. The molecule has 1 aliphatic heterocycles. The van der Waals surface area contributed by atoms with Crippen LogP contribution in [0.2, 0.25) is 0 Å². The van der Waals surface area contributed by atoms with Crippen molar-refractivity contribution in [3.8, 4) is 5.69 Å². The van der Waals surface area contributed by atoms with Crippen molar-refractivity contribution in [2.45, 2.75) is 12.0 Å². The quantitative estimate of drug-likeness (QED) is 0.797. The third-order valence-corrected chi connectivity index (χ3v) is 3.22. The van der Waals surface area contributed by atoms with Gasteiger partial charge in [-0.3, -0.25) is 4.79 Å². The fraction of sp³-hybridized carbons (Fsp3) is 0.333. The normalized spacial score (nSPS) is 21.9. The van der Waals surface area contributed by atoms with Gasteiger partial charge in [-0.15, -0.1) is 5.10 Å². The molecule has 1 aromatic carbocycles. The molecule has 1 fully saturated rings. The van der Waals surface area contributed by atoms with Crippen LogP contribution in [-0.2, 0) is 9.53 Å². The highest BCUT2D eigenvalue weighted by Crippen LogP contribution is 2.19. The summed E-state index contributed by atoms with van der Waals surface area (Å²) in [5, 5.41) is 13.7. The Hall–Kier alpha value is -2.32. The van der Waals surface area contributed by atoms with Gasteiger partial charge in [0, 0.05) is 12.3 Å². The number of hydrogen-bond acceptors (Lipinski definition) is 6. The first-order valence-electron chi connectivity index (χ1n) is 6.19. The number of aromatic nitrogens is 4. The van der Waals surface area contributed by atoms with Gasteiger partial charge < -0.3 is 15.8 Å². The molecule has 3 rings (SSSR count). The third-order valence-electron chi connectivity index (χ3n) is 3.22. The minimum Gasteiger partial charge on any atom is -0.379 e. The van der Waals surface area contributed by atoms with E-state index >= 15 is 0 Å². The molecule has 1 aromatic heterocycles. The molecule has 1 saturated heterocycles. The van der Waals surface area contributed by atoms with Crippen molar-refractivity contribution in [1.82, 2.24) is 20.2 Å². The van der Waals surface area contributed by atoms with Gasteiger partial charge in [0.05, 0.1) is 12.3 Å². The van der Waals surface area contributed by atoms with E-state index in [0.29, 0.717) is 18.7 Å². The minimum atomic E-state index is -0.954. The second-order valence-corrected chi connectivity index (χ2v) is 4.72. The number of amides is 1. The highest BCUT2D eigenvalue weighted by molar-refractivity contribution is 5.98. The van der Waals surface area contributed by atoms with Crippen LogP contribution >= 0.6 is 0 Å². The van der Waals surface area contributed by atoms with Crippen molar-refractivity contribution in [2.24, 2.45) is 5.73 Å². The molecule has 0 bridgehead atoms. The van der Waals surface area contributed by atoms with Gasteiger partial charge in [0.15, 0.2) is 0 Å². The molecule has 20 heavy (non-hydrogen) atoms. The van der Waals surface area contributed by atoms with Crippen LogP contribution < -0.4 is 11.1 Å². The Labute approximate surface area is 114 Å². The van der Waals surface area contributed by atoms with E-state index < -0.39 is 5.54 Å². The Morgan fingerprint density at radius 3 is 3.10 bits per heavy atom. The molecule has 2 aromatic rings. The molecule has 1 amide bonds. The first-order valence-corrected chi connectivity index (χ1v) is 6.19. The van der Waals surface area contributed by atoms with Crippen LogP contribution in [0.4, 0.5) is 5.69 Å². The molecule has 0 saturated carbocycles. The van der Waals surface area contributed by atoms with Crippen molar-refractivity contribution < 1.29 is 9.53 Å². The Balaban J connectivity index is 1.78. The molecule has 8 nitrogen and oxygen atoms in total. The van der Waals surface area contributed by atoms with Gasteiger partial charge in [0.2, 0.25) is 5.91 Å². The van der Waals surface area contributed by atoms with Crippen LogP contribution in [0.5, 0.6) is 0 Å². The van der Waals surface area contributed by atoms with Gasteiger partial charge in [0.25, 0.3) is 0 Å². The molecule has 104 valence electrons. The number of nitrogens with one attached hydrogen (secondary N) is 1. The van der Waals surface area contributed by atoms with Gasteiger partial charge in [-0.1, -0.05) is 6.07 Å². The summed E-state index contributed by atoms with van der Waals surface area (Å²) in [5.41, 5.74) is 6.44. The maximum Gasteiger partial charge on any atom is 0.246 e. The summed E-state index contributed by atoms with van der Waals surface area (Å²) < 4.78 is 6.69. The van der Waals surface area contributed by atoms with Gasteiger partial charge >= 0.3 is 0 Å². The van der Waals surface area contributed by atoms with E-state index in [1.807, 2.05) is 6.07 Å². The average molecular weight is 274 g/mol. The second kappa shape index (κ2) is 4.99. The zero-order chi connectivity index (χ0) is 14.0. The molecule has 0 radical (unpaired) electrons. The number of benzene rings is 1. The second-order valence-electron chi connectivity index (χ2n) is 4.72. The lowest BCUT2D eigenvalue weighted by molar-refractivity contribution is -0.121. The van der Waals surface area contributed by atoms with E-state index in [2.05, 4.69) is 20.8 Å². The van der Waals surface area contributed by atoms with E-state index in [1.165, 1.54) is 11.0 Å². The Morgan fingerprint density at radius 2 is 2.40 bits per heavy atom. The zero-order valence-corrected chi connectivity index (χ0v) is 10.7. The predicted molar refractivity (Wildman–Crippen MR) is 70.1 cm³/mol. The molecule has 0 aliphatic carbocycles. The smallest absolute Gasteiger partial charge is 0.246 e. The van der Waals surface area contributed by atoms with Crippen LogP contribution in [0, 0.1) is 0 Å². The van der Waals surface area contributed by atoms with Crippen molar-refractivity contribution in [3.05, 3.63) is 30.6 Å². The summed E-state index contributed by atoms with van der Waals surface area (Å²) in [6.07, 6.45) is 2.00. The molecule has 2 heterocycles. The van der Waals surface area contributed by atoms with E-state index in [1.54, 1.807) is 18.2 Å². The highest BCUT2D eigenvalue weighted by atomic mass is 16.5. The first-order chi connectivity index (χ1) is 9.67. The number of carbonyl (C=O) groups is 1. The number of nitrogens with two attached hydrogens (primary N) is 1. The fourth-order valence-corrected chi connectivity index (χ4v) is 2.02. The third kappa shape index (κ3) is 2.38. The first kappa shape index (κ1) is 12.7. The Kier molecular flexibility index (Phi) is 3.17. The van der Waals surface area contributed by atoms with E-state index in [9.17, 15) is 4.79 Å². The molecule has 8 heteroatoms. The molecule has 1 aliphatic rings. The lowest BCUT2D eigenvalue weighted by Gasteiger charge is -2.20. The maximum atomic E-state index is 12.2. The maximum absolute atomic E-state index is 12.2. The topological polar surface area (TPSA) is 108 Å². The fourth-order valence-electron chi connectivity index (χ4n) is 2.02. The predicted octanol–water partition coefficient (Wildman–Crippen LogP) is -0.281. The summed E-state index contributed by atoms with van der Waals surface area (Å²) in [5.74, 6) is -0.246. The summed E-state index contributed by atoms with van der Waals surface area (Å²) in [7, 11) is 0. The SMILES string of the molecule is NC1(C(=O)Nc2cccc(-n3cnnn3)c2)CCOC1. The highest BCUT2D eigenvalue weighted by Gasteiger charge is 2.38. The number of rotatable bonds is 3. The number of anilines is 1. The minimum absolute atomic E-state index is 0.242. The summed E-state index contributed by atoms with van der Waals surface area (Å²) in [6.45, 7) is 0.750. The largest absolute Gasteiger partial charge is 0.379 e. The van der Waals surface area contributed by atoms with Crippen LogP contribution in [0.1, 0.15) is 6.42 Å². The van der Waals surface area contributed by atoms with Crippen LogP contribution in [0.15, 0.2) is 30.6 Å². The number of ether oxygens (including phenoxy) is 1. The molecular weight excluding hydrogens is 260 g/mol. The van der Waals surface area contributed by atoms with E-state index in [0.717, 1.165) is 5.69 Å². The Bertz CT molecular complexity index is 606. The van der Waals surface area contributed by atoms with Crippen molar-refractivity contribution in [3.63, 3.8) is 0 Å².